The lowest BCUT2D eigenvalue weighted by atomic mass is 10.0. The van der Waals surface area contributed by atoms with Gasteiger partial charge in [-0.3, -0.25) is 4.79 Å². The number of carbonyl (C=O) groups excluding carboxylic acids is 1. The highest BCUT2D eigenvalue weighted by atomic mass is 16.5. The molecule has 6 nitrogen and oxygen atoms in total. The molecular formula is C30H35N3O3. The Bertz CT molecular complexity index is 1260. The molecule has 1 aromatic heterocycles. The lowest BCUT2D eigenvalue weighted by Crippen LogP contribution is -2.26. The molecule has 3 aromatic carbocycles. The quantitative estimate of drug-likeness (QED) is 0.268. The molecule has 1 amide bonds. The van der Waals surface area contributed by atoms with Gasteiger partial charge in [-0.2, -0.15) is 0 Å². The van der Waals surface area contributed by atoms with Crippen molar-refractivity contribution in [1.82, 2.24) is 14.9 Å². The average Bonchev–Trinajstić information content (AvgIpc) is 3.24. The molecule has 1 N–H and O–H groups in total. The van der Waals surface area contributed by atoms with E-state index < -0.39 is 0 Å². The first-order valence-electron chi connectivity index (χ1n) is 12.6. The Labute approximate surface area is 213 Å². The van der Waals surface area contributed by atoms with Gasteiger partial charge in [0.15, 0.2) is 0 Å². The second-order valence-electron chi connectivity index (χ2n) is 9.22. The number of carbonyl (C=O) groups is 1. The van der Waals surface area contributed by atoms with Crippen molar-refractivity contribution in [1.29, 1.82) is 0 Å². The van der Waals surface area contributed by atoms with Gasteiger partial charge in [0, 0.05) is 13.0 Å². The summed E-state index contributed by atoms with van der Waals surface area (Å²) in [6.45, 7) is 6.26. The number of para-hydroxylation sites is 2. The van der Waals surface area contributed by atoms with Crippen LogP contribution in [-0.2, 0) is 24.2 Å². The van der Waals surface area contributed by atoms with E-state index in [1.54, 1.807) is 7.11 Å². The Morgan fingerprint density at radius 1 is 0.972 bits per heavy atom. The number of imidazole rings is 1. The van der Waals surface area contributed by atoms with Gasteiger partial charge in [0.1, 0.15) is 23.9 Å². The third kappa shape index (κ3) is 6.66. The number of nitrogens with one attached hydrogen (secondary N) is 1. The van der Waals surface area contributed by atoms with E-state index in [4.69, 9.17) is 14.5 Å². The molecule has 0 saturated carbocycles. The van der Waals surface area contributed by atoms with E-state index in [0.717, 1.165) is 46.8 Å². The van der Waals surface area contributed by atoms with Crippen LogP contribution in [0.25, 0.3) is 11.0 Å². The molecule has 0 spiro atoms. The first-order chi connectivity index (χ1) is 17.5. The molecule has 0 atom stereocenters. The monoisotopic (exact) mass is 485 g/mol. The minimum atomic E-state index is 0.0190. The summed E-state index contributed by atoms with van der Waals surface area (Å²) in [4.78, 5) is 17.2. The fourth-order valence-electron chi connectivity index (χ4n) is 4.24. The second-order valence-corrected chi connectivity index (χ2v) is 9.22. The maximum atomic E-state index is 12.3. The van der Waals surface area contributed by atoms with Crippen LogP contribution < -0.4 is 14.8 Å². The highest BCUT2D eigenvalue weighted by molar-refractivity contribution is 5.78. The van der Waals surface area contributed by atoms with Crippen LogP contribution in [0.15, 0.2) is 72.8 Å². The highest BCUT2D eigenvalue weighted by Crippen LogP contribution is 2.20. The van der Waals surface area contributed by atoms with Crippen molar-refractivity contribution in [3.05, 3.63) is 89.7 Å². The van der Waals surface area contributed by atoms with Crippen LogP contribution in [0.1, 0.15) is 43.1 Å². The normalized spacial score (nSPS) is 11.1. The molecule has 0 bridgehead atoms. The first-order valence-corrected chi connectivity index (χ1v) is 12.6. The molecular weight excluding hydrogens is 450 g/mol. The van der Waals surface area contributed by atoms with Crippen molar-refractivity contribution in [3.63, 3.8) is 0 Å². The lowest BCUT2D eigenvalue weighted by Gasteiger charge is -2.12. The maximum absolute atomic E-state index is 12.3. The number of hydrogen-bond acceptors (Lipinski definition) is 4. The first kappa shape index (κ1) is 25.3. The molecule has 0 aliphatic carbocycles. The summed E-state index contributed by atoms with van der Waals surface area (Å²) in [7, 11) is 1.63. The Hall–Kier alpha value is -3.80. The number of methoxy groups -OCH3 is 1. The molecule has 188 valence electrons. The summed E-state index contributed by atoms with van der Waals surface area (Å²) >= 11 is 0. The van der Waals surface area contributed by atoms with Gasteiger partial charge in [-0.25, -0.2) is 4.98 Å². The van der Waals surface area contributed by atoms with Crippen LogP contribution in [0.3, 0.4) is 0 Å². The standard InChI is InChI=1S/C30H35N3O3/c1-22(2)24-12-16-26(17-13-24)36-20-19-33-28-8-5-4-7-27(28)32-29(33)9-6-18-31-30(34)21-23-10-14-25(35-3)15-11-23/h4-5,7-8,10-17,22H,6,9,18-21H2,1-3H3,(H,31,34). The number of rotatable bonds is 12. The molecule has 0 unspecified atom stereocenters. The molecule has 4 rings (SSSR count). The highest BCUT2D eigenvalue weighted by Gasteiger charge is 2.11. The predicted octanol–water partition coefficient (Wildman–Crippen LogP) is 5.54. The summed E-state index contributed by atoms with van der Waals surface area (Å²) in [5, 5.41) is 3.03. The van der Waals surface area contributed by atoms with Crippen LogP contribution in [0.2, 0.25) is 0 Å². The lowest BCUT2D eigenvalue weighted by molar-refractivity contribution is -0.120. The molecule has 36 heavy (non-hydrogen) atoms. The number of fused-ring (bicyclic) bond motifs is 1. The van der Waals surface area contributed by atoms with E-state index >= 15 is 0 Å². The SMILES string of the molecule is COc1ccc(CC(=O)NCCCc2nc3ccccc3n2CCOc2ccc(C(C)C)cc2)cc1. The molecule has 4 aromatic rings. The topological polar surface area (TPSA) is 65.4 Å². The van der Waals surface area contributed by atoms with Crippen LogP contribution in [0.4, 0.5) is 0 Å². The van der Waals surface area contributed by atoms with Crippen molar-refractivity contribution in [3.8, 4) is 11.5 Å². The largest absolute Gasteiger partial charge is 0.497 e. The van der Waals surface area contributed by atoms with E-state index in [2.05, 4.69) is 41.9 Å². The van der Waals surface area contributed by atoms with Crippen LogP contribution in [-0.4, -0.2) is 35.7 Å². The number of nitrogens with zero attached hydrogens (tertiary/aromatic N) is 2. The summed E-state index contributed by atoms with van der Waals surface area (Å²) in [5.41, 5.74) is 4.36. The van der Waals surface area contributed by atoms with E-state index in [0.29, 0.717) is 32.0 Å². The fourth-order valence-corrected chi connectivity index (χ4v) is 4.24. The minimum Gasteiger partial charge on any atom is -0.497 e. The van der Waals surface area contributed by atoms with Crippen molar-refractivity contribution < 1.29 is 14.3 Å². The van der Waals surface area contributed by atoms with Crippen molar-refractivity contribution in [2.75, 3.05) is 20.3 Å². The molecule has 0 saturated heterocycles. The second kappa shape index (κ2) is 12.2. The van der Waals surface area contributed by atoms with Gasteiger partial charge in [-0.1, -0.05) is 50.2 Å². The van der Waals surface area contributed by atoms with Gasteiger partial charge in [-0.15, -0.1) is 0 Å². The molecule has 0 aliphatic heterocycles. The number of aromatic nitrogens is 2. The number of amides is 1. The van der Waals surface area contributed by atoms with Crippen molar-refractivity contribution >= 4 is 16.9 Å². The van der Waals surface area contributed by atoms with E-state index in [1.165, 1.54) is 5.56 Å². The van der Waals surface area contributed by atoms with Crippen molar-refractivity contribution in [2.24, 2.45) is 0 Å². The van der Waals surface area contributed by atoms with E-state index in [1.807, 2.05) is 54.6 Å². The smallest absolute Gasteiger partial charge is 0.224 e. The third-order valence-electron chi connectivity index (χ3n) is 6.29. The number of ether oxygens (including phenoxy) is 2. The van der Waals surface area contributed by atoms with Gasteiger partial charge in [-0.05, 0) is 59.9 Å². The molecule has 0 radical (unpaired) electrons. The van der Waals surface area contributed by atoms with Gasteiger partial charge in [0.25, 0.3) is 0 Å². The Balaban J connectivity index is 1.30. The summed E-state index contributed by atoms with van der Waals surface area (Å²) in [5.74, 6) is 3.21. The number of hydrogen-bond donors (Lipinski definition) is 1. The molecule has 0 aliphatic rings. The third-order valence-corrected chi connectivity index (χ3v) is 6.29. The van der Waals surface area contributed by atoms with Crippen LogP contribution in [0, 0.1) is 0 Å². The Kier molecular flexibility index (Phi) is 8.61. The van der Waals surface area contributed by atoms with Gasteiger partial charge < -0.3 is 19.4 Å². The van der Waals surface area contributed by atoms with Gasteiger partial charge in [0.2, 0.25) is 5.91 Å². The summed E-state index contributed by atoms with van der Waals surface area (Å²) in [6, 6.07) is 24.1. The zero-order chi connectivity index (χ0) is 25.3. The zero-order valence-electron chi connectivity index (χ0n) is 21.4. The fraction of sp³-hybridized carbons (Fsp3) is 0.333. The Morgan fingerprint density at radius 2 is 1.69 bits per heavy atom. The van der Waals surface area contributed by atoms with Crippen molar-refractivity contribution in [2.45, 2.75) is 45.6 Å². The number of benzene rings is 3. The molecule has 6 heteroatoms. The maximum Gasteiger partial charge on any atom is 0.224 e. The van der Waals surface area contributed by atoms with E-state index in [-0.39, 0.29) is 5.91 Å². The van der Waals surface area contributed by atoms with Gasteiger partial charge in [0.05, 0.1) is 31.1 Å². The molecule has 1 heterocycles. The summed E-state index contributed by atoms with van der Waals surface area (Å²) < 4.78 is 13.4. The van der Waals surface area contributed by atoms with Crippen LogP contribution in [0.5, 0.6) is 11.5 Å². The number of aryl methyl sites for hydroxylation is 1. The predicted molar refractivity (Wildman–Crippen MR) is 144 cm³/mol. The Morgan fingerprint density at radius 3 is 2.42 bits per heavy atom. The minimum absolute atomic E-state index is 0.0190. The van der Waals surface area contributed by atoms with E-state index in [9.17, 15) is 4.79 Å². The van der Waals surface area contributed by atoms with Crippen LogP contribution >= 0.6 is 0 Å². The molecule has 0 fully saturated rings. The van der Waals surface area contributed by atoms with Gasteiger partial charge >= 0.3 is 0 Å². The summed E-state index contributed by atoms with van der Waals surface area (Å²) in [6.07, 6.45) is 1.95. The zero-order valence-corrected chi connectivity index (χ0v) is 21.4. The average molecular weight is 486 g/mol.